The molecule has 1 aliphatic rings. The second-order valence-corrected chi connectivity index (χ2v) is 4.33. The van der Waals surface area contributed by atoms with Crippen LogP contribution >= 0.6 is 0 Å². The summed E-state index contributed by atoms with van der Waals surface area (Å²) in [6.45, 7) is 6.20. The zero-order valence-electron chi connectivity index (χ0n) is 10.2. The van der Waals surface area contributed by atoms with Crippen LogP contribution in [0, 0.1) is 0 Å². The molecule has 0 aromatic rings. The molecule has 0 saturated carbocycles. The Hall–Kier alpha value is -0.810. The van der Waals surface area contributed by atoms with Crippen molar-refractivity contribution in [3.05, 3.63) is 0 Å². The summed E-state index contributed by atoms with van der Waals surface area (Å²) in [7, 11) is 1.71. The molecule has 0 radical (unpaired) electrons. The lowest BCUT2D eigenvalue weighted by Crippen LogP contribution is -2.42. The minimum absolute atomic E-state index is 0.0857. The van der Waals surface area contributed by atoms with Gasteiger partial charge < -0.3 is 19.6 Å². The van der Waals surface area contributed by atoms with Crippen LogP contribution in [0.4, 0.5) is 4.79 Å². The quantitative estimate of drug-likeness (QED) is 0.735. The van der Waals surface area contributed by atoms with Crippen LogP contribution in [-0.4, -0.2) is 66.9 Å². The van der Waals surface area contributed by atoms with Crippen molar-refractivity contribution >= 4 is 6.09 Å². The van der Waals surface area contributed by atoms with Crippen molar-refractivity contribution in [2.75, 3.05) is 39.9 Å². The van der Waals surface area contributed by atoms with Gasteiger partial charge in [0.1, 0.15) is 0 Å². The minimum atomic E-state index is -0.800. The van der Waals surface area contributed by atoms with E-state index >= 15 is 0 Å². The zero-order valence-corrected chi connectivity index (χ0v) is 10.2. The maximum absolute atomic E-state index is 11.0. The molecular formula is C11H22N2O3. The highest BCUT2D eigenvalue weighted by molar-refractivity contribution is 5.65. The Kier molecular flexibility index (Phi) is 5.55. The van der Waals surface area contributed by atoms with Crippen LogP contribution in [0.15, 0.2) is 0 Å². The third-order valence-corrected chi connectivity index (χ3v) is 3.00. The van der Waals surface area contributed by atoms with E-state index in [0.29, 0.717) is 6.54 Å². The number of amides is 1. The molecule has 0 aromatic heterocycles. The average Bonchev–Trinajstić information content (AvgIpc) is 2.40. The molecule has 1 atom stereocenters. The van der Waals surface area contributed by atoms with Gasteiger partial charge in [-0.25, -0.2) is 4.79 Å². The van der Waals surface area contributed by atoms with Crippen molar-refractivity contribution in [3.63, 3.8) is 0 Å². The van der Waals surface area contributed by atoms with Crippen molar-refractivity contribution in [2.24, 2.45) is 0 Å². The number of carboxylic acid groups (broad SMARTS) is 1. The van der Waals surface area contributed by atoms with E-state index in [1.54, 1.807) is 7.11 Å². The molecule has 5 heteroatoms. The van der Waals surface area contributed by atoms with Crippen LogP contribution < -0.4 is 0 Å². The third-order valence-electron chi connectivity index (χ3n) is 3.00. The van der Waals surface area contributed by atoms with Crippen molar-refractivity contribution in [3.8, 4) is 0 Å². The molecule has 1 rings (SSSR count). The van der Waals surface area contributed by atoms with Crippen molar-refractivity contribution in [1.29, 1.82) is 0 Å². The molecule has 1 amide bonds. The molecule has 1 saturated heterocycles. The van der Waals surface area contributed by atoms with E-state index < -0.39 is 6.09 Å². The highest BCUT2D eigenvalue weighted by atomic mass is 16.5. The molecule has 94 valence electrons. The smallest absolute Gasteiger partial charge is 0.407 e. The van der Waals surface area contributed by atoms with Gasteiger partial charge in [-0.1, -0.05) is 0 Å². The summed E-state index contributed by atoms with van der Waals surface area (Å²) in [4.78, 5) is 14.8. The van der Waals surface area contributed by atoms with Crippen LogP contribution in [0.5, 0.6) is 0 Å². The second-order valence-electron chi connectivity index (χ2n) is 4.33. The van der Waals surface area contributed by atoms with E-state index in [-0.39, 0.29) is 6.04 Å². The molecule has 0 aliphatic carbocycles. The number of nitrogens with zero attached hydrogens (tertiary/aromatic N) is 2. The van der Waals surface area contributed by atoms with Crippen LogP contribution in [-0.2, 0) is 4.74 Å². The first-order valence-corrected chi connectivity index (χ1v) is 5.86. The first-order valence-electron chi connectivity index (χ1n) is 5.86. The van der Waals surface area contributed by atoms with Crippen LogP contribution in [0.3, 0.4) is 0 Å². The van der Waals surface area contributed by atoms with E-state index in [1.165, 1.54) is 4.90 Å². The van der Waals surface area contributed by atoms with Gasteiger partial charge in [0.2, 0.25) is 0 Å². The number of hydrogen-bond acceptors (Lipinski definition) is 3. The van der Waals surface area contributed by atoms with Gasteiger partial charge in [0.15, 0.2) is 0 Å². The SMILES string of the molecule is COCCCN1CCCN(C(=O)O)[C@@H](C)C1. The molecule has 16 heavy (non-hydrogen) atoms. The van der Waals surface area contributed by atoms with Gasteiger partial charge >= 0.3 is 6.09 Å². The summed E-state index contributed by atoms with van der Waals surface area (Å²) in [6, 6.07) is 0.0857. The molecule has 0 bridgehead atoms. The molecule has 1 fully saturated rings. The fraction of sp³-hybridized carbons (Fsp3) is 0.909. The highest BCUT2D eigenvalue weighted by Crippen LogP contribution is 2.10. The third kappa shape index (κ3) is 3.98. The molecule has 0 aromatic carbocycles. The van der Waals surface area contributed by atoms with Crippen LogP contribution in [0.1, 0.15) is 19.8 Å². The Morgan fingerprint density at radius 2 is 2.25 bits per heavy atom. The molecule has 1 heterocycles. The fourth-order valence-corrected chi connectivity index (χ4v) is 2.17. The molecular weight excluding hydrogens is 208 g/mol. The van der Waals surface area contributed by atoms with E-state index in [2.05, 4.69) is 4.90 Å². The predicted octanol–water partition coefficient (Wildman–Crippen LogP) is 1.10. The largest absolute Gasteiger partial charge is 0.465 e. The standard InChI is InChI=1S/C11H22N2O3/c1-10-9-12(6-4-8-16-2)5-3-7-13(10)11(14)15/h10H,3-9H2,1-2H3,(H,14,15)/t10-/m0/s1. The number of rotatable bonds is 4. The summed E-state index contributed by atoms with van der Waals surface area (Å²) >= 11 is 0. The van der Waals surface area contributed by atoms with Crippen molar-refractivity contribution < 1.29 is 14.6 Å². The molecule has 5 nitrogen and oxygen atoms in total. The summed E-state index contributed by atoms with van der Waals surface area (Å²) in [5.41, 5.74) is 0. The van der Waals surface area contributed by atoms with Crippen LogP contribution in [0.25, 0.3) is 0 Å². The van der Waals surface area contributed by atoms with Gasteiger partial charge in [-0.05, 0) is 26.3 Å². The first kappa shape index (κ1) is 13.3. The maximum Gasteiger partial charge on any atom is 0.407 e. The second kappa shape index (κ2) is 6.70. The van der Waals surface area contributed by atoms with Crippen LogP contribution in [0.2, 0.25) is 0 Å². The Labute approximate surface area is 97.0 Å². The number of carbonyl (C=O) groups is 1. The minimum Gasteiger partial charge on any atom is -0.465 e. The van der Waals surface area contributed by atoms with Gasteiger partial charge in [-0.15, -0.1) is 0 Å². The normalized spacial score (nSPS) is 23.1. The molecule has 0 spiro atoms. The van der Waals surface area contributed by atoms with Gasteiger partial charge in [0.25, 0.3) is 0 Å². The Balaban J connectivity index is 2.38. The van der Waals surface area contributed by atoms with E-state index in [0.717, 1.165) is 39.1 Å². The van der Waals surface area contributed by atoms with Gasteiger partial charge in [0.05, 0.1) is 0 Å². The summed E-state index contributed by atoms with van der Waals surface area (Å²) in [6.07, 6.45) is 1.13. The van der Waals surface area contributed by atoms with Gasteiger partial charge in [0, 0.05) is 39.4 Å². The summed E-state index contributed by atoms with van der Waals surface area (Å²) in [5.74, 6) is 0. The van der Waals surface area contributed by atoms with Crippen molar-refractivity contribution in [1.82, 2.24) is 9.80 Å². The molecule has 1 N–H and O–H groups in total. The number of hydrogen-bond donors (Lipinski definition) is 1. The topological polar surface area (TPSA) is 53.0 Å². The van der Waals surface area contributed by atoms with E-state index in [4.69, 9.17) is 9.84 Å². The van der Waals surface area contributed by atoms with Gasteiger partial charge in [-0.3, -0.25) is 0 Å². The summed E-state index contributed by atoms with van der Waals surface area (Å²) < 4.78 is 5.02. The van der Waals surface area contributed by atoms with Crippen molar-refractivity contribution in [2.45, 2.75) is 25.8 Å². The lowest BCUT2D eigenvalue weighted by Gasteiger charge is -2.26. The first-order chi connectivity index (χ1) is 7.65. The molecule has 0 unspecified atom stereocenters. The van der Waals surface area contributed by atoms with E-state index in [1.807, 2.05) is 6.92 Å². The highest BCUT2D eigenvalue weighted by Gasteiger charge is 2.24. The fourth-order valence-electron chi connectivity index (χ4n) is 2.17. The summed E-state index contributed by atoms with van der Waals surface area (Å²) in [5, 5.41) is 9.02. The molecule has 1 aliphatic heterocycles. The Morgan fingerprint density at radius 1 is 1.50 bits per heavy atom. The lowest BCUT2D eigenvalue weighted by molar-refractivity contribution is 0.124. The van der Waals surface area contributed by atoms with Gasteiger partial charge in [-0.2, -0.15) is 0 Å². The number of ether oxygens (including phenoxy) is 1. The maximum atomic E-state index is 11.0. The Morgan fingerprint density at radius 3 is 2.88 bits per heavy atom. The predicted molar refractivity (Wildman–Crippen MR) is 61.7 cm³/mol. The average molecular weight is 230 g/mol. The zero-order chi connectivity index (χ0) is 12.0. The lowest BCUT2D eigenvalue weighted by atomic mass is 10.3. The number of methoxy groups -OCH3 is 1. The Bertz CT molecular complexity index is 223. The monoisotopic (exact) mass is 230 g/mol. The van der Waals surface area contributed by atoms with E-state index in [9.17, 15) is 4.79 Å².